The number of rotatable bonds is 9. The first kappa shape index (κ1) is 26.9. The molecule has 14 heteroatoms. The lowest BCUT2D eigenvalue weighted by molar-refractivity contribution is 0.339. The highest BCUT2D eigenvalue weighted by Crippen LogP contribution is 2.38. The average Bonchev–Trinajstić information content (AvgIpc) is 3.60. The molecule has 0 aliphatic carbocycles. The number of ether oxygens (including phenoxy) is 2. The normalized spacial score (nSPS) is 16.6. The predicted molar refractivity (Wildman–Crippen MR) is 141 cm³/mol. The first-order chi connectivity index (χ1) is 18.4. The number of hydrogen-bond donors (Lipinski definition) is 1. The predicted octanol–water partition coefficient (Wildman–Crippen LogP) is 3.29. The molecule has 1 atom stereocenters. The SMILES string of the molecule is C=C/N=C(\N=C/CF)N1CCC[C@H](S(=O)(=O)Nc2nnc(-c3ccco3)n2-c2c(OC)cccc2OC)C1. The maximum atomic E-state index is 13.6. The first-order valence-corrected chi connectivity index (χ1v) is 13.2. The van der Waals surface area contributed by atoms with Gasteiger partial charge < -0.3 is 18.8 Å². The average molecular weight is 546 g/mol. The number of benzene rings is 1. The molecule has 0 bridgehead atoms. The number of hydrogen-bond acceptors (Lipinski definition) is 8. The number of piperidine rings is 1. The number of nitrogens with zero attached hydrogens (tertiary/aromatic N) is 6. The summed E-state index contributed by atoms with van der Waals surface area (Å²) in [5, 5.41) is 7.50. The molecule has 38 heavy (non-hydrogen) atoms. The van der Waals surface area contributed by atoms with Crippen molar-refractivity contribution in [2.45, 2.75) is 18.1 Å². The Morgan fingerprint density at radius 3 is 2.66 bits per heavy atom. The molecule has 0 radical (unpaired) electrons. The van der Waals surface area contributed by atoms with E-state index in [9.17, 15) is 12.8 Å². The van der Waals surface area contributed by atoms with E-state index in [2.05, 4.69) is 31.5 Å². The van der Waals surface area contributed by atoms with E-state index in [1.54, 1.807) is 35.2 Å². The van der Waals surface area contributed by atoms with Gasteiger partial charge in [0.2, 0.25) is 27.8 Å². The van der Waals surface area contributed by atoms with Crippen molar-refractivity contribution in [1.82, 2.24) is 19.7 Å². The molecule has 3 aromatic rings. The molecule has 1 fully saturated rings. The zero-order valence-electron chi connectivity index (χ0n) is 20.9. The Bertz CT molecular complexity index is 1400. The van der Waals surface area contributed by atoms with Crippen LogP contribution < -0.4 is 14.2 Å². The number of anilines is 1. The molecule has 2 aromatic heterocycles. The molecule has 1 aromatic carbocycles. The largest absolute Gasteiger partial charge is 0.494 e. The number of alkyl halides is 1. The molecule has 1 aliphatic rings. The Kier molecular flexibility index (Phi) is 8.41. The first-order valence-electron chi connectivity index (χ1n) is 11.7. The molecule has 0 unspecified atom stereocenters. The van der Waals surface area contributed by atoms with Gasteiger partial charge in [-0.2, -0.15) is 0 Å². The number of furan rings is 1. The Balaban J connectivity index is 1.73. The lowest BCUT2D eigenvalue weighted by atomic mass is 10.1. The van der Waals surface area contributed by atoms with Gasteiger partial charge in [0.05, 0.1) is 25.7 Å². The van der Waals surface area contributed by atoms with Crippen LogP contribution in [0.3, 0.4) is 0 Å². The number of aromatic nitrogens is 3. The van der Waals surface area contributed by atoms with Crippen LogP contribution in [0.15, 0.2) is 63.8 Å². The van der Waals surface area contributed by atoms with Gasteiger partial charge in [0.15, 0.2) is 5.76 Å². The van der Waals surface area contributed by atoms with Crippen LogP contribution in [0.25, 0.3) is 17.3 Å². The minimum Gasteiger partial charge on any atom is -0.494 e. The van der Waals surface area contributed by atoms with Crippen molar-refractivity contribution < 1.29 is 26.7 Å². The third-order valence-electron chi connectivity index (χ3n) is 5.85. The lowest BCUT2D eigenvalue weighted by Gasteiger charge is -2.32. The van der Waals surface area contributed by atoms with Crippen molar-refractivity contribution in [2.24, 2.45) is 9.98 Å². The van der Waals surface area contributed by atoms with Crippen molar-refractivity contribution in [3.63, 3.8) is 0 Å². The van der Waals surface area contributed by atoms with Crippen molar-refractivity contribution in [1.29, 1.82) is 0 Å². The number of likely N-dealkylation sites (tertiary alicyclic amines) is 1. The molecule has 1 saturated heterocycles. The van der Waals surface area contributed by atoms with E-state index in [0.29, 0.717) is 42.3 Å². The van der Waals surface area contributed by atoms with E-state index >= 15 is 0 Å². The van der Waals surface area contributed by atoms with Crippen LogP contribution in [-0.2, 0) is 10.0 Å². The van der Waals surface area contributed by atoms with Crippen LogP contribution >= 0.6 is 0 Å². The second-order valence-electron chi connectivity index (χ2n) is 8.11. The second-order valence-corrected chi connectivity index (χ2v) is 10.1. The number of halogens is 1. The summed E-state index contributed by atoms with van der Waals surface area (Å²) in [6.07, 6.45) is 4.76. The monoisotopic (exact) mass is 545 g/mol. The van der Waals surface area contributed by atoms with E-state index in [0.717, 1.165) is 6.21 Å². The van der Waals surface area contributed by atoms with Crippen LogP contribution in [0, 0.1) is 0 Å². The van der Waals surface area contributed by atoms with E-state index in [-0.39, 0.29) is 24.3 Å². The molecule has 4 rings (SSSR count). The van der Waals surface area contributed by atoms with Crippen molar-refractivity contribution in [2.75, 3.05) is 38.7 Å². The minimum absolute atomic E-state index is 0.0771. The highest BCUT2D eigenvalue weighted by atomic mass is 32.2. The van der Waals surface area contributed by atoms with E-state index in [1.807, 2.05) is 0 Å². The third kappa shape index (κ3) is 5.54. The summed E-state index contributed by atoms with van der Waals surface area (Å²) >= 11 is 0. The molecular formula is C24H28FN7O5S. The number of aliphatic imine (C=N–C) groups is 2. The zero-order chi connectivity index (χ0) is 27.1. The van der Waals surface area contributed by atoms with Crippen LogP contribution in [0.4, 0.5) is 10.3 Å². The molecule has 0 amide bonds. The van der Waals surface area contributed by atoms with Gasteiger partial charge in [0.1, 0.15) is 23.9 Å². The second kappa shape index (κ2) is 11.9. The Hall–Kier alpha value is -4.20. The number of methoxy groups -OCH3 is 2. The molecule has 1 N–H and O–H groups in total. The van der Waals surface area contributed by atoms with E-state index < -0.39 is 21.9 Å². The van der Waals surface area contributed by atoms with Gasteiger partial charge in [-0.1, -0.05) is 12.6 Å². The van der Waals surface area contributed by atoms with E-state index in [4.69, 9.17) is 13.9 Å². The summed E-state index contributed by atoms with van der Waals surface area (Å²) in [5.41, 5.74) is 0.387. The maximum absolute atomic E-state index is 13.6. The van der Waals surface area contributed by atoms with Gasteiger partial charge in [0.25, 0.3) is 0 Å². The summed E-state index contributed by atoms with van der Waals surface area (Å²) < 4.78 is 60.6. The highest BCUT2D eigenvalue weighted by molar-refractivity contribution is 7.93. The topological polar surface area (TPSA) is 136 Å². The summed E-state index contributed by atoms with van der Waals surface area (Å²) in [5.74, 6) is 1.51. The fourth-order valence-corrected chi connectivity index (χ4v) is 5.56. The van der Waals surface area contributed by atoms with Gasteiger partial charge in [-0.15, -0.1) is 10.2 Å². The molecule has 202 valence electrons. The highest BCUT2D eigenvalue weighted by Gasteiger charge is 2.34. The maximum Gasteiger partial charge on any atom is 0.243 e. The molecule has 3 heterocycles. The zero-order valence-corrected chi connectivity index (χ0v) is 21.8. The fourth-order valence-electron chi connectivity index (χ4n) is 4.16. The van der Waals surface area contributed by atoms with Crippen LogP contribution in [0.2, 0.25) is 0 Å². The van der Waals surface area contributed by atoms with Crippen LogP contribution in [-0.4, -0.2) is 79.5 Å². The van der Waals surface area contributed by atoms with Crippen molar-refractivity contribution in [3.05, 3.63) is 49.4 Å². The van der Waals surface area contributed by atoms with Crippen LogP contribution in [0.1, 0.15) is 12.8 Å². The van der Waals surface area contributed by atoms with Crippen LogP contribution in [0.5, 0.6) is 11.5 Å². The standard InChI is InChI=1S/C24H28FN7O5S/c1-4-26-23(27-13-12-25)31-14-6-8-17(16-31)38(33,34)30-24-29-28-22(20-11-7-15-37-20)32(24)21-18(35-2)9-5-10-19(21)36-3/h4-5,7,9-11,13,15,17H,1,6,8,12,14,16H2,2-3H3,(H,29,30)/b26-23+,27-13-/t17-/m0/s1. The Morgan fingerprint density at radius 2 is 2.03 bits per heavy atom. The van der Waals surface area contributed by atoms with Crippen molar-refractivity contribution in [3.8, 4) is 28.8 Å². The van der Waals surface area contributed by atoms with Gasteiger partial charge in [-0.25, -0.2) is 22.8 Å². The molecule has 0 spiro atoms. The van der Waals surface area contributed by atoms with Gasteiger partial charge in [-0.05, 0) is 37.1 Å². The quantitative estimate of drug-likeness (QED) is 0.320. The fraction of sp³-hybridized carbons (Fsp3) is 0.333. The van der Waals surface area contributed by atoms with Gasteiger partial charge in [0, 0.05) is 25.5 Å². The smallest absolute Gasteiger partial charge is 0.243 e. The number of guanidine groups is 1. The summed E-state index contributed by atoms with van der Waals surface area (Å²) in [6.45, 7) is 3.39. The third-order valence-corrected chi connectivity index (χ3v) is 7.58. The molecule has 1 aliphatic heterocycles. The summed E-state index contributed by atoms with van der Waals surface area (Å²) in [6, 6.07) is 8.52. The number of sulfonamides is 1. The van der Waals surface area contributed by atoms with Crippen molar-refractivity contribution >= 4 is 28.1 Å². The number of nitrogens with one attached hydrogen (secondary N) is 1. The summed E-state index contributed by atoms with van der Waals surface area (Å²) in [7, 11) is -1.02. The Labute approximate surface area is 219 Å². The molecule has 12 nitrogen and oxygen atoms in total. The lowest BCUT2D eigenvalue weighted by Crippen LogP contribution is -2.46. The molecule has 0 saturated carbocycles. The van der Waals surface area contributed by atoms with Gasteiger partial charge in [-0.3, -0.25) is 9.29 Å². The van der Waals surface area contributed by atoms with Gasteiger partial charge >= 0.3 is 0 Å². The van der Waals surface area contributed by atoms with E-state index in [1.165, 1.54) is 31.2 Å². The minimum atomic E-state index is -4.00. The number of para-hydroxylation sites is 1. The Morgan fingerprint density at radius 1 is 1.26 bits per heavy atom. The molecular weight excluding hydrogens is 517 g/mol. The summed E-state index contributed by atoms with van der Waals surface area (Å²) in [4.78, 5) is 9.76.